The third-order valence-electron chi connectivity index (χ3n) is 4.38. The maximum absolute atomic E-state index is 12.1. The molecule has 3 N–H and O–H groups in total. The number of carbonyl (C=O) groups is 1. The summed E-state index contributed by atoms with van der Waals surface area (Å²) in [6.07, 6.45) is 6.50. The number of hydrogen-bond acceptors (Lipinski definition) is 4. The number of nitrogens with one attached hydrogen (secondary N) is 1. The summed E-state index contributed by atoms with van der Waals surface area (Å²) in [6.45, 7) is 3.79. The van der Waals surface area contributed by atoms with E-state index in [9.17, 15) is 4.79 Å². The van der Waals surface area contributed by atoms with Crippen LogP contribution in [0.1, 0.15) is 38.5 Å². The van der Waals surface area contributed by atoms with Crippen molar-refractivity contribution in [2.45, 2.75) is 38.5 Å². The Morgan fingerprint density at radius 1 is 1.30 bits per heavy atom. The van der Waals surface area contributed by atoms with Crippen LogP contribution in [0.2, 0.25) is 0 Å². The number of amides is 1. The molecule has 1 aliphatic carbocycles. The largest absolute Gasteiger partial charge is 0.383 e. The topological polar surface area (TPSA) is 67.6 Å². The number of carbonyl (C=O) groups excluding carboxylic acids is 1. The summed E-state index contributed by atoms with van der Waals surface area (Å²) in [5, 5.41) is 3.02. The van der Waals surface area contributed by atoms with Gasteiger partial charge in [-0.2, -0.15) is 0 Å². The Hall–Kier alpha value is -0.650. The molecule has 5 nitrogen and oxygen atoms in total. The van der Waals surface area contributed by atoms with Gasteiger partial charge in [-0.05, 0) is 31.8 Å². The highest BCUT2D eigenvalue weighted by molar-refractivity contribution is 5.76. The van der Waals surface area contributed by atoms with Gasteiger partial charge in [0.15, 0.2) is 0 Å². The SMILES string of the molecule is COCCN(C)CCNC(=O)CC1(CN)CCCCC1. The van der Waals surface area contributed by atoms with Crippen molar-refractivity contribution in [2.75, 3.05) is 46.9 Å². The van der Waals surface area contributed by atoms with Crippen LogP contribution in [0.4, 0.5) is 0 Å². The van der Waals surface area contributed by atoms with Crippen molar-refractivity contribution in [3.8, 4) is 0 Å². The summed E-state index contributed by atoms with van der Waals surface area (Å²) < 4.78 is 5.03. The third-order valence-corrected chi connectivity index (χ3v) is 4.38. The van der Waals surface area contributed by atoms with E-state index in [1.165, 1.54) is 19.3 Å². The summed E-state index contributed by atoms with van der Waals surface area (Å²) in [7, 11) is 3.74. The van der Waals surface area contributed by atoms with Crippen LogP contribution in [0.15, 0.2) is 0 Å². The first-order chi connectivity index (χ1) is 9.62. The minimum absolute atomic E-state index is 0.0598. The lowest BCUT2D eigenvalue weighted by molar-refractivity contribution is -0.123. The highest BCUT2D eigenvalue weighted by atomic mass is 16.5. The molecule has 118 valence electrons. The number of hydrogen-bond donors (Lipinski definition) is 2. The molecule has 1 aliphatic rings. The molecular formula is C15H31N3O2. The van der Waals surface area contributed by atoms with Gasteiger partial charge in [0.1, 0.15) is 0 Å². The van der Waals surface area contributed by atoms with E-state index in [0.717, 1.165) is 32.5 Å². The summed E-state index contributed by atoms with van der Waals surface area (Å²) >= 11 is 0. The van der Waals surface area contributed by atoms with Gasteiger partial charge in [0, 0.05) is 33.2 Å². The number of methoxy groups -OCH3 is 1. The van der Waals surface area contributed by atoms with Crippen molar-refractivity contribution in [3.05, 3.63) is 0 Å². The van der Waals surface area contributed by atoms with E-state index in [2.05, 4.69) is 10.2 Å². The van der Waals surface area contributed by atoms with Crippen LogP contribution in [0.3, 0.4) is 0 Å². The highest BCUT2D eigenvalue weighted by Gasteiger charge is 2.32. The number of nitrogens with two attached hydrogens (primary N) is 1. The van der Waals surface area contributed by atoms with Crippen molar-refractivity contribution < 1.29 is 9.53 Å². The fourth-order valence-electron chi connectivity index (χ4n) is 2.90. The second kappa shape index (κ2) is 9.32. The molecule has 0 radical (unpaired) electrons. The molecule has 1 amide bonds. The zero-order valence-electron chi connectivity index (χ0n) is 13.1. The maximum Gasteiger partial charge on any atom is 0.220 e. The molecule has 1 fully saturated rings. The molecule has 0 heterocycles. The summed E-state index contributed by atoms with van der Waals surface area (Å²) in [6, 6.07) is 0. The van der Waals surface area contributed by atoms with Crippen molar-refractivity contribution >= 4 is 5.91 Å². The average molecular weight is 285 g/mol. The fourth-order valence-corrected chi connectivity index (χ4v) is 2.90. The number of rotatable bonds is 9. The van der Waals surface area contributed by atoms with E-state index in [1.807, 2.05) is 7.05 Å². The maximum atomic E-state index is 12.1. The molecule has 1 rings (SSSR count). The van der Waals surface area contributed by atoms with Gasteiger partial charge in [0.25, 0.3) is 0 Å². The molecule has 1 saturated carbocycles. The molecular weight excluding hydrogens is 254 g/mol. The molecule has 0 spiro atoms. The van der Waals surface area contributed by atoms with Crippen molar-refractivity contribution in [3.63, 3.8) is 0 Å². The molecule has 0 aromatic heterocycles. The zero-order valence-corrected chi connectivity index (χ0v) is 13.1. The predicted octanol–water partition coefficient (Wildman–Crippen LogP) is 0.980. The average Bonchev–Trinajstić information content (AvgIpc) is 2.46. The Kier molecular flexibility index (Phi) is 8.11. The first kappa shape index (κ1) is 17.4. The molecule has 0 aliphatic heterocycles. The monoisotopic (exact) mass is 285 g/mol. The first-order valence-corrected chi connectivity index (χ1v) is 7.76. The van der Waals surface area contributed by atoms with Gasteiger partial charge in [-0.15, -0.1) is 0 Å². The molecule has 20 heavy (non-hydrogen) atoms. The number of ether oxygens (including phenoxy) is 1. The minimum Gasteiger partial charge on any atom is -0.383 e. The van der Waals surface area contributed by atoms with Crippen molar-refractivity contribution in [1.29, 1.82) is 0 Å². The molecule has 0 aromatic rings. The predicted molar refractivity (Wildman–Crippen MR) is 81.6 cm³/mol. The lowest BCUT2D eigenvalue weighted by Crippen LogP contribution is -2.40. The van der Waals surface area contributed by atoms with Gasteiger partial charge >= 0.3 is 0 Å². The van der Waals surface area contributed by atoms with Crippen LogP contribution in [-0.2, 0) is 9.53 Å². The molecule has 0 bridgehead atoms. The Morgan fingerprint density at radius 3 is 2.60 bits per heavy atom. The van der Waals surface area contributed by atoms with Gasteiger partial charge in [-0.3, -0.25) is 4.79 Å². The lowest BCUT2D eigenvalue weighted by Gasteiger charge is -2.35. The first-order valence-electron chi connectivity index (χ1n) is 7.76. The molecule has 0 atom stereocenters. The summed E-state index contributed by atoms with van der Waals surface area (Å²) in [5.74, 6) is 0.150. The van der Waals surface area contributed by atoms with Crippen molar-refractivity contribution in [1.82, 2.24) is 10.2 Å². The van der Waals surface area contributed by atoms with E-state index in [1.54, 1.807) is 7.11 Å². The normalized spacial score (nSPS) is 18.2. The number of nitrogens with zero attached hydrogens (tertiary/aromatic N) is 1. The quantitative estimate of drug-likeness (QED) is 0.663. The van der Waals surface area contributed by atoms with Gasteiger partial charge in [0.2, 0.25) is 5.91 Å². The second-order valence-corrected chi connectivity index (χ2v) is 6.09. The fraction of sp³-hybridized carbons (Fsp3) is 0.933. The Bertz CT molecular complexity index is 278. The van der Waals surface area contributed by atoms with E-state index >= 15 is 0 Å². The van der Waals surface area contributed by atoms with Gasteiger partial charge < -0.3 is 20.7 Å². The van der Waals surface area contributed by atoms with Crippen LogP contribution in [0.25, 0.3) is 0 Å². The second-order valence-electron chi connectivity index (χ2n) is 6.09. The highest BCUT2D eigenvalue weighted by Crippen LogP contribution is 2.38. The Morgan fingerprint density at radius 2 is 2.00 bits per heavy atom. The Labute approximate surface area is 123 Å². The lowest BCUT2D eigenvalue weighted by atomic mass is 9.71. The third kappa shape index (κ3) is 6.20. The summed E-state index contributed by atoms with van der Waals surface area (Å²) in [5.41, 5.74) is 5.98. The van der Waals surface area contributed by atoms with E-state index in [0.29, 0.717) is 19.5 Å². The smallest absolute Gasteiger partial charge is 0.220 e. The van der Waals surface area contributed by atoms with Gasteiger partial charge in [0.05, 0.1) is 6.61 Å². The Balaban J connectivity index is 2.21. The van der Waals surface area contributed by atoms with E-state index in [-0.39, 0.29) is 11.3 Å². The van der Waals surface area contributed by atoms with Crippen molar-refractivity contribution in [2.24, 2.45) is 11.1 Å². The van der Waals surface area contributed by atoms with E-state index < -0.39 is 0 Å². The molecule has 0 unspecified atom stereocenters. The van der Waals surface area contributed by atoms with Crippen LogP contribution in [0.5, 0.6) is 0 Å². The molecule has 5 heteroatoms. The van der Waals surface area contributed by atoms with E-state index in [4.69, 9.17) is 10.5 Å². The minimum atomic E-state index is 0.0598. The van der Waals surface area contributed by atoms with Gasteiger partial charge in [-0.25, -0.2) is 0 Å². The zero-order chi connectivity index (χ0) is 14.8. The van der Waals surface area contributed by atoms with Crippen LogP contribution in [0, 0.1) is 5.41 Å². The van der Waals surface area contributed by atoms with Crippen LogP contribution >= 0.6 is 0 Å². The van der Waals surface area contributed by atoms with Crippen LogP contribution in [-0.4, -0.2) is 57.8 Å². The number of likely N-dealkylation sites (N-methyl/N-ethyl adjacent to an activating group) is 1. The molecule has 0 aromatic carbocycles. The van der Waals surface area contributed by atoms with Crippen LogP contribution < -0.4 is 11.1 Å². The summed E-state index contributed by atoms with van der Waals surface area (Å²) in [4.78, 5) is 14.2. The molecule has 0 saturated heterocycles. The van der Waals surface area contributed by atoms with Gasteiger partial charge in [-0.1, -0.05) is 19.3 Å². The standard InChI is InChI=1S/C15H31N3O2/c1-18(10-11-20-2)9-8-17-14(19)12-15(13-16)6-4-3-5-7-15/h3-13,16H2,1-2H3,(H,17,19).